The van der Waals surface area contributed by atoms with E-state index in [1.165, 1.54) is 6.26 Å². The number of ether oxygens (including phenoxy) is 1. The molecular formula is C20H17NO4. The molecule has 3 rings (SSSR count). The number of anilines is 1. The lowest BCUT2D eigenvalue weighted by Crippen LogP contribution is -2.11. The van der Waals surface area contributed by atoms with Gasteiger partial charge in [-0.25, -0.2) is 4.79 Å². The quantitative estimate of drug-likeness (QED) is 0.693. The highest BCUT2D eigenvalue weighted by molar-refractivity contribution is 6.02. The minimum atomic E-state index is -0.389. The first kappa shape index (κ1) is 16.5. The van der Waals surface area contributed by atoms with E-state index < -0.39 is 0 Å². The predicted molar refractivity (Wildman–Crippen MR) is 93.5 cm³/mol. The maximum Gasteiger partial charge on any atom is 0.338 e. The molecule has 1 heterocycles. The van der Waals surface area contributed by atoms with Gasteiger partial charge in [0.25, 0.3) is 5.91 Å². The van der Waals surface area contributed by atoms with E-state index in [0.717, 1.165) is 5.56 Å². The minimum absolute atomic E-state index is 0.226. The number of rotatable bonds is 6. The average Bonchev–Trinajstić information content (AvgIpc) is 3.18. The van der Waals surface area contributed by atoms with Gasteiger partial charge in [-0.1, -0.05) is 30.3 Å². The third kappa shape index (κ3) is 4.57. The van der Waals surface area contributed by atoms with Crippen LogP contribution in [0.25, 0.3) is 0 Å². The summed E-state index contributed by atoms with van der Waals surface area (Å²) in [5.74, 6) is -0.507. The fourth-order valence-electron chi connectivity index (χ4n) is 2.28. The first-order chi connectivity index (χ1) is 12.2. The van der Waals surface area contributed by atoms with Crippen molar-refractivity contribution < 1.29 is 18.7 Å². The van der Waals surface area contributed by atoms with Crippen molar-refractivity contribution in [3.8, 4) is 0 Å². The van der Waals surface area contributed by atoms with E-state index in [2.05, 4.69) is 5.32 Å². The summed E-state index contributed by atoms with van der Waals surface area (Å²) in [5.41, 5.74) is 2.12. The minimum Gasteiger partial charge on any atom is -0.462 e. The normalized spacial score (nSPS) is 10.2. The van der Waals surface area contributed by atoms with E-state index in [1.807, 2.05) is 30.3 Å². The van der Waals surface area contributed by atoms with E-state index in [-0.39, 0.29) is 17.6 Å². The van der Waals surface area contributed by atoms with Gasteiger partial charge in [0.1, 0.15) is 0 Å². The monoisotopic (exact) mass is 335 g/mol. The number of nitrogens with one attached hydrogen (secondary N) is 1. The molecule has 3 aromatic rings. The Bertz CT molecular complexity index is 824. The van der Waals surface area contributed by atoms with E-state index in [4.69, 9.17) is 9.15 Å². The Balaban J connectivity index is 1.51. The van der Waals surface area contributed by atoms with Crippen LogP contribution in [0.4, 0.5) is 5.69 Å². The Labute approximate surface area is 145 Å². The molecule has 0 unspecified atom stereocenters. The molecule has 0 radical (unpaired) electrons. The molecule has 0 saturated carbocycles. The number of hydrogen-bond donors (Lipinski definition) is 1. The summed E-state index contributed by atoms with van der Waals surface area (Å²) in [5, 5.41) is 2.69. The van der Waals surface area contributed by atoms with Crippen LogP contribution in [0.3, 0.4) is 0 Å². The standard InChI is InChI=1S/C20H17NO4/c22-19(18-7-4-13-24-18)21-17-10-8-16(9-11-17)20(23)25-14-12-15-5-2-1-3-6-15/h1-11,13H,12,14H2,(H,21,22). The Kier molecular flexibility index (Phi) is 5.26. The molecule has 5 heteroatoms. The van der Waals surface area contributed by atoms with Crippen LogP contribution < -0.4 is 5.32 Å². The van der Waals surface area contributed by atoms with E-state index >= 15 is 0 Å². The Hall–Kier alpha value is -3.34. The molecule has 1 N–H and O–H groups in total. The zero-order valence-electron chi connectivity index (χ0n) is 13.5. The van der Waals surface area contributed by atoms with Crippen LogP contribution in [0, 0.1) is 0 Å². The smallest absolute Gasteiger partial charge is 0.338 e. The van der Waals surface area contributed by atoms with Crippen LogP contribution >= 0.6 is 0 Å². The van der Waals surface area contributed by atoms with Crippen molar-refractivity contribution in [1.29, 1.82) is 0 Å². The predicted octanol–water partition coefficient (Wildman–Crippen LogP) is 3.93. The molecule has 5 nitrogen and oxygen atoms in total. The second-order valence-corrected chi connectivity index (χ2v) is 5.38. The van der Waals surface area contributed by atoms with Gasteiger partial charge in [-0.3, -0.25) is 4.79 Å². The third-order valence-corrected chi connectivity index (χ3v) is 3.59. The van der Waals surface area contributed by atoms with E-state index in [1.54, 1.807) is 36.4 Å². The van der Waals surface area contributed by atoms with Crippen LogP contribution in [-0.4, -0.2) is 18.5 Å². The van der Waals surface area contributed by atoms with Crippen molar-refractivity contribution in [2.24, 2.45) is 0 Å². The Morgan fingerprint density at radius 2 is 1.68 bits per heavy atom. The van der Waals surface area contributed by atoms with Gasteiger partial charge >= 0.3 is 5.97 Å². The summed E-state index contributed by atoms with van der Waals surface area (Å²) < 4.78 is 10.3. The van der Waals surface area contributed by atoms with Gasteiger partial charge in [-0.2, -0.15) is 0 Å². The van der Waals surface area contributed by atoms with Crippen molar-refractivity contribution in [2.75, 3.05) is 11.9 Å². The number of carbonyl (C=O) groups excluding carboxylic acids is 2. The molecule has 0 saturated heterocycles. The van der Waals surface area contributed by atoms with Gasteiger partial charge in [0.15, 0.2) is 5.76 Å². The number of carbonyl (C=O) groups is 2. The lowest BCUT2D eigenvalue weighted by atomic mass is 10.2. The summed E-state index contributed by atoms with van der Waals surface area (Å²) in [6, 6.07) is 19.6. The van der Waals surface area contributed by atoms with Crippen LogP contribution in [0.2, 0.25) is 0 Å². The largest absolute Gasteiger partial charge is 0.462 e. The number of esters is 1. The number of benzene rings is 2. The van der Waals surface area contributed by atoms with Crippen molar-refractivity contribution >= 4 is 17.6 Å². The molecule has 1 amide bonds. The second kappa shape index (κ2) is 7.97. The van der Waals surface area contributed by atoms with Crippen molar-refractivity contribution in [3.63, 3.8) is 0 Å². The highest BCUT2D eigenvalue weighted by Crippen LogP contribution is 2.13. The maximum absolute atomic E-state index is 12.0. The third-order valence-electron chi connectivity index (χ3n) is 3.59. The number of amides is 1. The zero-order valence-corrected chi connectivity index (χ0v) is 13.5. The van der Waals surface area contributed by atoms with Crippen molar-refractivity contribution in [1.82, 2.24) is 0 Å². The molecule has 0 fully saturated rings. The van der Waals surface area contributed by atoms with E-state index in [0.29, 0.717) is 24.3 Å². The zero-order chi connectivity index (χ0) is 17.5. The molecule has 126 valence electrons. The fraction of sp³-hybridized carbons (Fsp3) is 0.100. The second-order valence-electron chi connectivity index (χ2n) is 5.38. The molecular weight excluding hydrogens is 318 g/mol. The highest BCUT2D eigenvalue weighted by atomic mass is 16.5. The van der Waals surface area contributed by atoms with Crippen LogP contribution in [-0.2, 0) is 11.2 Å². The number of hydrogen-bond acceptors (Lipinski definition) is 4. The van der Waals surface area contributed by atoms with Gasteiger partial charge in [-0.05, 0) is 42.0 Å². The molecule has 0 spiro atoms. The molecule has 0 atom stereocenters. The van der Waals surface area contributed by atoms with Crippen molar-refractivity contribution in [3.05, 3.63) is 89.9 Å². The molecule has 0 aliphatic rings. The summed E-state index contributed by atoms with van der Waals surface area (Å²) in [6.45, 7) is 0.319. The molecule has 1 aromatic heterocycles. The molecule has 2 aromatic carbocycles. The molecule has 0 aliphatic carbocycles. The van der Waals surface area contributed by atoms with Crippen LogP contribution in [0.15, 0.2) is 77.4 Å². The van der Waals surface area contributed by atoms with E-state index in [9.17, 15) is 9.59 Å². The Morgan fingerprint density at radius 3 is 2.36 bits per heavy atom. The van der Waals surface area contributed by atoms with Crippen LogP contribution in [0.5, 0.6) is 0 Å². The van der Waals surface area contributed by atoms with Gasteiger partial charge in [0, 0.05) is 12.1 Å². The topological polar surface area (TPSA) is 68.5 Å². The first-order valence-corrected chi connectivity index (χ1v) is 7.88. The van der Waals surface area contributed by atoms with Gasteiger partial charge in [0.05, 0.1) is 18.4 Å². The molecule has 25 heavy (non-hydrogen) atoms. The SMILES string of the molecule is O=C(OCCc1ccccc1)c1ccc(NC(=O)c2ccco2)cc1. The summed E-state index contributed by atoms with van der Waals surface area (Å²) >= 11 is 0. The molecule has 0 aliphatic heterocycles. The van der Waals surface area contributed by atoms with Gasteiger partial charge < -0.3 is 14.5 Å². The van der Waals surface area contributed by atoms with Crippen molar-refractivity contribution in [2.45, 2.75) is 6.42 Å². The van der Waals surface area contributed by atoms with Gasteiger partial charge in [-0.15, -0.1) is 0 Å². The summed E-state index contributed by atoms with van der Waals surface area (Å²) in [7, 11) is 0. The summed E-state index contributed by atoms with van der Waals surface area (Å²) in [4.78, 5) is 23.9. The van der Waals surface area contributed by atoms with Gasteiger partial charge in [0.2, 0.25) is 0 Å². The Morgan fingerprint density at radius 1 is 0.920 bits per heavy atom. The maximum atomic E-state index is 12.0. The fourth-order valence-corrected chi connectivity index (χ4v) is 2.28. The lowest BCUT2D eigenvalue weighted by molar-refractivity contribution is 0.0509. The summed E-state index contributed by atoms with van der Waals surface area (Å²) in [6.07, 6.45) is 2.10. The highest BCUT2D eigenvalue weighted by Gasteiger charge is 2.10. The van der Waals surface area contributed by atoms with Crippen LogP contribution in [0.1, 0.15) is 26.5 Å². The number of furan rings is 1. The molecule has 0 bridgehead atoms. The first-order valence-electron chi connectivity index (χ1n) is 7.88. The lowest BCUT2D eigenvalue weighted by Gasteiger charge is -2.07. The average molecular weight is 335 g/mol.